The van der Waals surface area contributed by atoms with Gasteiger partial charge in [0.05, 0.1) is 6.61 Å². The molecular formula is C28H34N3O9PS. The van der Waals surface area contributed by atoms with E-state index in [1.165, 1.54) is 30.7 Å². The van der Waals surface area contributed by atoms with Crippen LogP contribution in [-0.4, -0.2) is 62.3 Å². The molecule has 2 fully saturated rings. The summed E-state index contributed by atoms with van der Waals surface area (Å²) in [7, 11) is -4.33. The molecule has 0 bridgehead atoms. The van der Waals surface area contributed by atoms with Crippen LogP contribution in [0.15, 0.2) is 59.5 Å². The highest BCUT2D eigenvalue weighted by Crippen LogP contribution is 2.48. The lowest BCUT2D eigenvalue weighted by Crippen LogP contribution is -2.45. The fourth-order valence-corrected chi connectivity index (χ4v) is 7.00. The number of aromatic nitrogens is 2. The van der Waals surface area contributed by atoms with Gasteiger partial charge in [-0.15, -0.1) is 0 Å². The van der Waals surface area contributed by atoms with E-state index in [2.05, 4.69) is 10.1 Å². The molecule has 2 aliphatic rings. The summed E-state index contributed by atoms with van der Waals surface area (Å²) in [5, 5.41) is 26.2. The van der Waals surface area contributed by atoms with Gasteiger partial charge >= 0.3 is 13.7 Å². The molecule has 6 atom stereocenters. The molecule has 3 aromatic rings. The van der Waals surface area contributed by atoms with Gasteiger partial charge in [0.15, 0.2) is 11.0 Å². The van der Waals surface area contributed by atoms with E-state index in [-0.39, 0.29) is 16.6 Å². The van der Waals surface area contributed by atoms with Crippen molar-refractivity contribution in [2.24, 2.45) is 0 Å². The molecule has 0 radical (unpaired) electrons. The Kier molecular flexibility index (Phi) is 9.00. The van der Waals surface area contributed by atoms with Gasteiger partial charge in [-0.05, 0) is 63.2 Å². The van der Waals surface area contributed by atoms with Crippen molar-refractivity contribution in [3.05, 3.63) is 69.9 Å². The van der Waals surface area contributed by atoms with E-state index in [4.69, 9.17) is 30.7 Å². The van der Waals surface area contributed by atoms with Crippen LogP contribution in [0.25, 0.3) is 10.8 Å². The van der Waals surface area contributed by atoms with E-state index in [9.17, 15) is 24.4 Å². The van der Waals surface area contributed by atoms with Crippen LogP contribution in [0.2, 0.25) is 0 Å². The maximum Gasteiger partial charge on any atom is 0.459 e. The highest BCUT2D eigenvalue weighted by molar-refractivity contribution is 7.71. The number of esters is 1. The number of hydrogen-bond donors (Lipinski definition) is 4. The van der Waals surface area contributed by atoms with Gasteiger partial charge < -0.3 is 24.2 Å². The molecule has 14 heteroatoms. The zero-order chi connectivity index (χ0) is 30.1. The van der Waals surface area contributed by atoms with Crippen molar-refractivity contribution < 1.29 is 38.1 Å². The zero-order valence-corrected chi connectivity index (χ0v) is 24.9. The van der Waals surface area contributed by atoms with Crippen molar-refractivity contribution in [1.82, 2.24) is 14.6 Å². The second-order valence-corrected chi connectivity index (χ2v) is 12.9. The SMILES string of the molecule is C[C@H](N[P@](=O)(OC[C@H]1O[C@@H](n2ccc(=O)[nH]c2=S)[C@](C)(O)C1O)Oc1cccc2ccccc12)C(=O)OC1CCCC1. The Morgan fingerprint density at radius 2 is 1.95 bits per heavy atom. The molecule has 1 aromatic heterocycles. The number of aliphatic hydroxyl groups excluding tert-OH is 1. The average Bonchev–Trinajstić information content (AvgIpc) is 3.54. The molecule has 1 unspecified atom stereocenters. The third-order valence-corrected chi connectivity index (χ3v) is 9.47. The molecule has 42 heavy (non-hydrogen) atoms. The highest BCUT2D eigenvalue weighted by Gasteiger charge is 2.54. The molecular weight excluding hydrogens is 585 g/mol. The van der Waals surface area contributed by atoms with Crippen LogP contribution in [0, 0.1) is 4.77 Å². The minimum atomic E-state index is -4.33. The number of ether oxygens (including phenoxy) is 2. The molecule has 4 N–H and O–H groups in total. The maximum absolute atomic E-state index is 14.2. The lowest BCUT2D eigenvalue weighted by Gasteiger charge is -2.28. The molecule has 12 nitrogen and oxygen atoms in total. The maximum atomic E-state index is 14.2. The number of H-pyrrole nitrogens is 1. The Labute approximate surface area is 247 Å². The van der Waals surface area contributed by atoms with Crippen LogP contribution in [0.4, 0.5) is 0 Å². The molecule has 1 saturated carbocycles. The first kappa shape index (κ1) is 30.6. The van der Waals surface area contributed by atoms with Gasteiger partial charge in [0, 0.05) is 17.6 Å². The number of nitrogens with one attached hydrogen (secondary N) is 2. The molecule has 1 aliphatic heterocycles. The Morgan fingerprint density at radius 1 is 1.24 bits per heavy atom. The third-order valence-electron chi connectivity index (χ3n) is 7.53. The second-order valence-electron chi connectivity index (χ2n) is 10.8. The summed E-state index contributed by atoms with van der Waals surface area (Å²) in [6.07, 6.45) is 0.753. The molecule has 1 aliphatic carbocycles. The van der Waals surface area contributed by atoms with E-state index >= 15 is 0 Å². The number of hydrogen-bond acceptors (Lipinski definition) is 10. The van der Waals surface area contributed by atoms with Gasteiger partial charge in [-0.25, -0.2) is 4.57 Å². The molecule has 5 rings (SSSR count). The summed E-state index contributed by atoms with van der Waals surface area (Å²) < 4.78 is 38.7. The number of aliphatic hydroxyl groups is 2. The standard InChI is InChI=1S/C28H34N3O9PS/c1-17(25(34)38-19-10-4-5-11-19)30-41(36,40-21-13-7-9-18-8-3-6-12-20(18)21)37-16-22-24(33)28(2,35)26(39-22)31-15-14-23(32)29-27(31)42/h3,6-9,12-15,17,19,22,24,26,33,35H,4-5,10-11,16H2,1-2H3,(H,30,36)(H,29,32,42)/t17-,22+,24?,26+,28+,41-/m0/s1. The van der Waals surface area contributed by atoms with E-state index in [0.29, 0.717) is 5.39 Å². The molecule has 2 heterocycles. The summed E-state index contributed by atoms with van der Waals surface area (Å²) in [6.45, 7) is 2.35. The number of rotatable bonds is 10. The lowest BCUT2D eigenvalue weighted by molar-refractivity contribution is -0.150. The number of aromatic amines is 1. The quantitative estimate of drug-likeness (QED) is 0.149. The number of carbonyl (C=O) groups is 1. The van der Waals surface area contributed by atoms with Gasteiger partial charge in [-0.3, -0.25) is 23.7 Å². The van der Waals surface area contributed by atoms with E-state index in [1.54, 1.807) is 18.2 Å². The topological polar surface area (TPSA) is 161 Å². The molecule has 0 amide bonds. The summed E-state index contributed by atoms with van der Waals surface area (Å²) in [5.41, 5.74) is -2.30. The largest absolute Gasteiger partial charge is 0.461 e. The summed E-state index contributed by atoms with van der Waals surface area (Å²) in [4.78, 5) is 26.9. The van der Waals surface area contributed by atoms with Crippen LogP contribution >= 0.6 is 20.0 Å². The van der Waals surface area contributed by atoms with Gasteiger partial charge in [-0.1, -0.05) is 36.4 Å². The van der Waals surface area contributed by atoms with Crippen molar-refractivity contribution in [1.29, 1.82) is 0 Å². The summed E-state index contributed by atoms with van der Waals surface area (Å²) >= 11 is 5.20. The van der Waals surface area contributed by atoms with Gasteiger partial charge in [-0.2, -0.15) is 5.09 Å². The normalized spacial score (nSPS) is 26.6. The fourth-order valence-electron chi connectivity index (χ4n) is 5.22. The van der Waals surface area contributed by atoms with Crippen molar-refractivity contribution >= 4 is 36.7 Å². The monoisotopic (exact) mass is 619 g/mol. The van der Waals surface area contributed by atoms with Crippen LogP contribution in [-0.2, 0) is 23.4 Å². The van der Waals surface area contributed by atoms with E-state index in [1.807, 2.05) is 24.3 Å². The highest BCUT2D eigenvalue weighted by atomic mass is 32.1. The van der Waals surface area contributed by atoms with Crippen molar-refractivity contribution in [3.8, 4) is 5.75 Å². The van der Waals surface area contributed by atoms with Crippen molar-refractivity contribution in [3.63, 3.8) is 0 Å². The molecule has 226 valence electrons. The van der Waals surface area contributed by atoms with Crippen molar-refractivity contribution in [2.45, 2.75) is 75.7 Å². The number of benzene rings is 2. The predicted molar refractivity (Wildman–Crippen MR) is 156 cm³/mol. The minimum Gasteiger partial charge on any atom is -0.461 e. The number of fused-ring (bicyclic) bond motifs is 1. The lowest BCUT2D eigenvalue weighted by atomic mass is 9.96. The smallest absolute Gasteiger partial charge is 0.459 e. The van der Waals surface area contributed by atoms with Crippen LogP contribution in [0.5, 0.6) is 5.75 Å². The molecule has 0 spiro atoms. The van der Waals surface area contributed by atoms with Gasteiger partial charge in [0.1, 0.15) is 35.7 Å². The predicted octanol–water partition coefficient (Wildman–Crippen LogP) is 3.74. The summed E-state index contributed by atoms with van der Waals surface area (Å²) in [5.74, 6) is -0.350. The van der Waals surface area contributed by atoms with Gasteiger partial charge in [0.2, 0.25) is 0 Å². The van der Waals surface area contributed by atoms with Gasteiger partial charge in [0.25, 0.3) is 5.56 Å². The van der Waals surface area contributed by atoms with E-state index in [0.717, 1.165) is 31.1 Å². The first-order valence-corrected chi connectivity index (χ1v) is 15.7. The van der Waals surface area contributed by atoms with Crippen molar-refractivity contribution in [2.75, 3.05) is 6.61 Å². The average molecular weight is 620 g/mol. The Balaban J connectivity index is 1.38. The van der Waals surface area contributed by atoms with E-state index < -0.39 is 56.0 Å². The van der Waals surface area contributed by atoms with Crippen LogP contribution in [0.1, 0.15) is 45.8 Å². The summed E-state index contributed by atoms with van der Waals surface area (Å²) in [6, 6.07) is 12.7. The van der Waals surface area contributed by atoms with Crippen LogP contribution < -0.4 is 15.2 Å². The Bertz CT molecular complexity index is 1600. The molecule has 2 aromatic carbocycles. The Hall–Kier alpha value is -2.90. The number of nitrogens with zero attached hydrogens (tertiary/aromatic N) is 1. The minimum absolute atomic E-state index is 0.0252. The zero-order valence-electron chi connectivity index (χ0n) is 23.2. The van der Waals surface area contributed by atoms with Crippen LogP contribution in [0.3, 0.4) is 0 Å². The second kappa shape index (κ2) is 12.4. The number of carbonyl (C=O) groups excluding carboxylic acids is 1. The molecule has 1 saturated heterocycles. The first-order chi connectivity index (χ1) is 20.0. The first-order valence-electron chi connectivity index (χ1n) is 13.7. The third kappa shape index (κ3) is 6.52. The Morgan fingerprint density at radius 3 is 2.69 bits per heavy atom. The fraction of sp³-hybridized carbons (Fsp3) is 0.464.